The molecule has 0 bridgehead atoms. The van der Waals surface area contributed by atoms with Gasteiger partial charge in [0.05, 0.1) is 28.3 Å². The highest BCUT2D eigenvalue weighted by atomic mass is 35.5. The maximum atomic E-state index is 14.4. The molecule has 4 aliphatic rings. The van der Waals surface area contributed by atoms with E-state index in [0.717, 1.165) is 36.8 Å². The zero-order valence-electron chi connectivity index (χ0n) is 29.5. The number of fused-ring (bicyclic) bond motifs is 5. The lowest BCUT2D eigenvalue weighted by Crippen LogP contribution is -2.65. The lowest BCUT2D eigenvalue weighted by Gasteiger charge is -2.69. The van der Waals surface area contributed by atoms with Crippen molar-refractivity contribution in [3.05, 3.63) is 56.6 Å². The molecule has 8 heteroatoms. The Kier molecular flexibility index (Phi) is 10.4. The van der Waals surface area contributed by atoms with Crippen LogP contribution in [0.5, 0.6) is 0 Å². The molecule has 4 aliphatic carbocycles. The molecule has 4 fully saturated rings. The van der Waals surface area contributed by atoms with Gasteiger partial charge in [-0.05, 0) is 135 Å². The van der Waals surface area contributed by atoms with Crippen LogP contribution in [0.15, 0.2) is 41.0 Å². The highest BCUT2D eigenvalue weighted by Gasteiger charge is 2.70. The van der Waals surface area contributed by atoms with Crippen molar-refractivity contribution in [1.29, 1.82) is 0 Å². The molecule has 5 rings (SSSR count). The van der Waals surface area contributed by atoms with Crippen molar-refractivity contribution in [2.75, 3.05) is 0 Å². The van der Waals surface area contributed by atoms with E-state index in [0.29, 0.717) is 47.2 Å². The van der Waals surface area contributed by atoms with Crippen molar-refractivity contribution >= 4 is 35.1 Å². The van der Waals surface area contributed by atoms with Gasteiger partial charge in [-0.15, -0.1) is 0 Å². The minimum atomic E-state index is -0.573. The van der Waals surface area contributed by atoms with Crippen LogP contribution in [-0.2, 0) is 14.3 Å². The first-order chi connectivity index (χ1) is 21.9. The Morgan fingerprint density at radius 1 is 1.04 bits per heavy atom. The number of carbonyl (C=O) groups is 2. The first-order valence-electron chi connectivity index (χ1n) is 17.6. The summed E-state index contributed by atoms with van der Waals surface area (Å²) in [5.41, 5.74) is 2.87. The molecule has 0 aliphatic heterocycles. The van der Waals surface area contributed by atoms with Gasteiger partial charge >= 0.3 is 5.97 Å². The summed E-state index contributed by atoms with van der Waals surface area (Å²) in [7, 11) is 0. The molecular weight excluding hydrogens is 633 g/mol. The van der Waals surface area contributed by atoms with Crippen LogP contribution in [0.2, 0.25) is 10.0 Å². The summed E-state index contributed by atoms with van der Waals surface area (Å²) in [5, 5.41) is 27.2. The van der Waals surface area contributed by atoms with Crippen molar-refractivity contribution in [3.63, 3.8) is 0 Å². The SMILES string of the molecule is CC(=O)O[C@H]1C[C@@]2(C)[C@@H](C[C@@H](O)[C@H]3[C@@]4(C)CC[C@@H](O)[C@@H](C)[C@@H]4CC[C@@]32C)/C1=C(\CCC=C(C)C)C(=O)NC(C)c1ccc(Cl)c(Cl)c1. The second kappa shape index (κ2) is 13.5. The fourth-order valence-corrected chi connectivity index (χ4v) is 11.3. The zero-order valence-corrected chi connectivity index (χ0v) is 31.0. The van der Waals surface area contributed by atoms with Gasteiger partial charge in [-0.1, -0.05) is 68.6 Å². The van der Waals surface area contributed by atoms with Crippen LogP contribution in [-0.4, -0.2) is 40.4 Å². The monoisotopic (exact) mass is 687 g/mol. The molecule has 1 unspecified atom stereocenters. The number of carbonyl (C=O) groups excluding carboxylic acids is 2. The molecule has 0 heterocycles. The fourth-order valence-electron chi connectivity index (χ4n) is 11.0. The van der Waals surface area contributed by atoms with Gasteiger partial charge in [-0.2, -0.15) is 0 Å². The first kappa shape index (κ1) is 36.4. The molecule has 1 amide bonds. The summed E-state index contributed by atoms with van der Waals surface area (Å²) in [6, 6.07) is 5.04. The van der Waals surface area contributed by atoms with E-state index in [1.807, 2.05) is 26.8 Å². The number of amides is 1. The van der Waals surface area contributed by atoms with Gasteiger partial charge in [-0.3, -0.25) is 9.59 Å². The topological polar surface area (TPSA) is 95.9 Å². The van der Waals surface area contributed by atoms with Crippen LogP contribution in [0.3, 0.4) is 0 Å². The number of benzene rings is 1. The van der Waals surface area contributed by atoms with Crippen LogP contribution < -0.4 is 5.32 Å². The molecule has 4 saturated carbocycles. The molecular formula is C39H55Cl2NO5. The predicted molar refractivity (Wildman–Crippen MR) is 188 cm³/mol. The molecule has 47 heavy (non-hydrogen) atoms. The third-order valence-electron chi connectivity index (χ3n) is 13.4. The van der Waals surface area contributed by atoms with Crippen molar-refractivity contribution in [3.8, 4) is 0 Å². The van der Waals surface area contributed by atoms with Crippen molar-refractivity contribution in [1.82, 2.24) is 5.32 Å². The number of esters is 1. The van der Waals surface area contributed by atoms with Crippen molar-refractivity contribution < 1.29 is 24.5 Å². The first-order valence-corrected chi connectivity index (χ1v) is 18.4. The quantitative estimate of drug-likeness (QED) is 0.151. The number of aliphatic hydroxyl groups excluding tert-OH is 2. The fraction of sp³-hybridized carbons (Fsp3) is 0.692. The Morgan fingerprint density at radius 2 is 1.74 bits per heavy atom. The van der Waals surface area contributed by atoms with E-state index >= 15 is 0 Å². The average Bonchev–Trinajstić information content (AvgIpc) is 3.25. The Morgan fingerprint density at radius 3 is 2.38 bits per heavy atom. The second-order valence-corrected chi connectivity index (χ2v) is 17.0. The van der Waals surface area contributed by atoms with E-state index in [4.69, 9.17) is 27.9 Å². The summed E-state index contributed by atoms with van der Waals surface area (Å²) >= 11 is 12.5. The number of rotatable bonds is 7. The smallest absolute Gasteiger partial charge is 0.303 e. The van der Waals surface area contributed by atoms with Gasteiger partial charge < -0.3 is 20.3 Å². The van der Waals surface area contributed by atoms with Crippen LogP contribution in [0.25, 0.3) is 0 Å². The molecule has 0 spiro atoms. The van der Waals surface area contributed by atoms with E-state index in [1.165, 1.54) is 12.5 Å². The molecule has 1 aromatic carbocycles. The number of ether oxygens (including phenoxy) is 1. The maximum Gasteiger partial charge on any atom is 0.303 e. The zero-order chi connectivity index (χ0) is 34.6. The van der Waals surface area contributed by atoms with Crippen LogP contribution in [0.1, 0.15) is 118 Å². The molecule has 0 aromatic heterocycles. The molecule has 3 N–H and O–H groups in total. The highest BCUT2D eigenvalue weighted by molar-refractivity contribution is 6.42. The number of hydrogen-bond acceptors (Lipinski definition) is 5. The van der Waals surface area contributed by atoms with Crippen molar-refractivity contribution in [2.45, 2.75) is 131 Å². The summed E-state index contributed by atoms with van der Waals surface area (Å²) in [4.78, 5) is 27.1. The summed E-state index contributed by atoms with van der Waals surface area (Å²) in [6.07, 6.45) is 6.58. The minimum Gasteiger partial charge on any atom is -0.458 e. The van der Waals surface area contributed by atoms with Crippen LogP contribution in [0.4, 0.5) is 0 Å². The van der Waals surface area contributed by atoms with E-state index in [9.17, 15) is 19.8 Å². The van der Waals surface area contributed by atoms with E-state index in [1.54, 1.807) is 12.1 Å². The maximum absolute atomic E-state index is 14.4. The Bertz CT molecular complexity index is 1450. The summed E-state index contributed by atoms with van der Waals surface area (Å²) < 4.78 is 6.14. The van der Waals surface area contributed by atoms with Gasteiger partial charge in [-0.25, -0.2) is 0 Å². The molecule has 260 valence electrons. The number of halogens is 2. The normalized spacial score (nSPS) is 39.5. The standard InChI is InChI=1S/C39H55Cl2NO5/c1-21(2)10-9-11-26(36(46)42-23(4)25-12-13-29(40)30(41)18-25)34-28-19-32(45)35-37(6)16-15-31(44)22(3)27(37)14-17-38(35,7)39(28,8)20-33(34)47-24(5)43/h10,12-13,18,22-23,27-28,31-33,35,44-45H,9,11,14-17,19-20H2,1-8H3,(H,42,46)/b34-26-/t22-,23?,27-,28-,31+,32+,33-,35-,37-,38-,39-/m0/s1. The minimum absolute atomic E-state index is 0.0416. The molecule has 11 atom stereocenters. The number of hydrogen-bond donors (Lipinski definition) is 3. The molecule has 6 nitrogen and oxygen atoms in total. The summed E-state index contributed by atoms with van der Waals surface area (Å²) in [5.74, 6) is -0.104. The van der Waals surface area contributed by atoms with Gasteiger partial charge in [0, 0.05) is 12.5 Å². The lowest BCUT2D eigenvalue weighted by molar-refractivity contribution is -0.234. The second-order valence-electron chi connectivity index (χ2n) is 16.2. The van der Waals surface area contributed by atoms with E-state index in [-0.39, 0.29) is 58.0 Å². The van der Waals surface area contributed by atoms with Gasteiger partial charge in [0.2, 0.25) is 5.91 Å². The largest absolute Gasteiger partial charge is 0.458 e. The predicted octanol–water partition coefficient (Wildman–Crippen LogP) is 8.77. The molecule has 0 radical (unpaired) electrons. The third-order valence-corrected chi connectivity index (χ3v) is 14.1. The number of nitrogens with one attached hydrogen (secondary N) is 1. The Labute approximate surface area is 291 Å². The van der Waals surface area contributed by atoms with Crippen LogP contribution in [0, 0.1) is 39.9 Å². The Balaban J connectivity index is 1.60. The summed E-state index contributed by atoms with van der Waals surface area (Å²) in [6.45, 7) is 16.7. The van der Waals surface area contributed by atoms with E-state index in [2.05, 4.69) is 39.1 Å². The molecule has 1 aromatic rings. The lowest BCUT2D eigenvalue weighted by atomic mass is 9.36. The van der Waals surface area contributed by atoms with E-state index < -0.39 is 12.2 Å². The molecule has 0 saturated heterocycles. The van der Waals surface area contributed by atoms with Gasteiger partial charge in [0.15, 0.2) is 0 Å². The van der Waals surface area contributed by atoms with Crippen LogP contribution >= 0.6 is 23.2 Å². The number of allylic oxidation sites excluding steroid dienone is 2. The third kappa shape index (κ3) is 6.35. The van der Waals surface area contributed by atoms with Gasteiger partial charge in [0.25, 0.3) is 0 Å². The van der Waals surface area contributed by atoms with Crippen molar-refractivity contribution in [2.24, 2.45) is 39.9 Å². The van der Waals surface area contributed by atoms with Gasteiger partial charge in [0.1, 0.15) is 6.10 Å². The average molecular weight is 689 g/mol. The Hall–Kier alpha value is -1.86. The number of aliphatic hydroxyl groups is 2. The highest BCUT2D eigenvalue weighted by Crippen LogP contribution is 2.74.